The van der Waals surface area contributed by atoms with Crippen LogP contribution in [0.3, 0.4) is 0 Å². The summed E-state index contributed by atoms with van der Waals surface area (Å²) in [7, 11) is -1.37. The molecule has 1 aliphatic carbocycles. The number of allylic oxidation sites excluding steroid dienone is 1. The quantitative estimate of drug-likeness (QED) is 0.458. The molecule has 160 valence electrons. The minimum atomic E-state index is -2.97. The van der Waals surface area contributed by atoms with E-state index in [1.807, 2.05) is 36.4 Å². The van der Waals surface area contributed by atoms with Crippen molar-refractivity contribution in [2.24, 2.45) is 16.2 Å². The Morgan fingerprint density at radius 3 is 2.69 bits per heavy atom. The fourth-order valence-electron chi connectivity index (χ4n) is 4.87. The molecule has 1 fully saturated rings. The predicted molar refractivity (Wildman–Crippen MR) is 119 cm³/mol. The summed E-state index contributed by atoms with van der Waals surface area (Å²) < 4.78 is 25.3. The SMILES string of the molecule is C=CCCC[C@@]1(O)O[C@@H](C(C)C)[C@@H]2CCCCC2=C1[S@@](=O)(=NC)c1ccccc1. The van der Waals surface area contributed by atoms with Crippen LogP contribution in [-0.4, -0.2) is 28.3 Å². The summed E-state index contributed by atoms with van der Waals surface area (Å²) in [6, 6.07) is 9.35. The normalized spacial score (nSPS) is 29.3. The van der Waals surface area contributed by atoms with Gasteiger partial charge in [-0.1, -0.05) is 44.5 Å². The van der Waals surface area contributed by atoms with Crippen LogP contribution in [0.15, 0.2) is 62.7 Å². The van der Waals surface area contributed by atoms with E-state index in [1.54, 1.807) is 7.05 Å². The lowest BCUT2D eigenvalue weighted by Crippen LogP contribution is -2.51. The molecule has 0 spiro atoms. The predicted octanol–water partition coefficient (Wildman–Crippen LogP) is 5.69. The van der Waals surface area contributed by atoms with E-state index >= 15 is 0 Å². The van der Waals surface area contributed by atoms with E-state index in [-0.39, 0.29) is 17.9 Å². The molecule has 4 nitrogen and oxygen atoms in total. The fourth-order valence-corrected chi connectivity index (χ4v) is 7.21. The highest BCUT2D eigenvalue weighted by atomic mass is 32.2. The summed E-state index contributed by atoms with van der Waals surface area (Å²) in [6.07, 6.45) is 7.73. The lowest BCUT2D eigenvalue weighted by Gasteiger charge is -2.48. The van der Waals surface area contributed by atoms with Gasteiger partial charge in [0.25, 0.3) is 0 Å². The molecule has 0 amide bonds. The highest BCUT2D eigenvalue weighted by Crippen LogP contribution is 2.50. The van der Waals surface area contributed by atoms with Crippen LogP contribution in [0.25, 0.3) is 0 Å². The molecular formula is C24H35NO3S. The molecule has 1 aromatic rings. The zero-order valence-electron chi connectivity index (χ0n) is 18.0. The van der Waals surface area contributed by atoms with Gasteiger partial charge in [0.2, 0.25) is 5.79 Å². The third-order valence-corrected chi connectivity index (χ3v) is 8.77. The number of nitrogens with zero attached hydrogens (tertiary/aromatic N) is 1. The van der Waals surface area contributed by atoms with E-state index in [9.17, 15) is 9.32 Å². The average Bonchev–Trinajstić information content (AvgIpc) is 2.73. The Bertz CT molecular complexity index is 867. The van der Waals surface area contributed by atoms with Crippen LogP contribution in [0.4, 0.5) is 0 Å². The number of hydrogen-bond acceptors (Lipinski definition) is 4. The van der Waals surface area contributed by atoms with Crippen molar-refractivity contribution in [1.29, 1.82) is 0 Å². The molecule has 1 saturated carbocycles. The van der Waals surface area contributed by atoms with Gasteiger partial charge in [-0.2, -0.15) is 0 Å². The van der Waals surface area contributed by atoms with Crippen molar-refractivity contribution in [3.05, 3.63) is 53.5 Å². The second-order valence-corrected chi connectivity index (χ2v) is 10.8. The van der Waals surface area contributed by atoms with Crippen molar-refractivity contribution < 1.29 is 14.1 Å². The van der Waals surface area contributed by atoms with Gasteiger partial charge in [0.1, 0.15) is 9.73 Å². The maximum Gasteiger partial charge on any atom is 0.202 e. The van der Waals surface area contributed by atoms with Crippen molar-refractivity contribution in [1.82, 2.24) is 0 Å². The van der Waals surface area contributed by atoms with E-state index in [0.717, 1.165) is 44.1 Å². The fraction of sp³-hybridized carbons (Fsp3) is 0.583. The van der Waals surface area contributed by atoms with Crippen LogP contribution in [0, 0.1) is 11.8 Å². The topological polar surface area (TPSA) is 58.9 Å². The minimum Gasteiger partial charge on any atom is -0.361 e. The maximum atomic E-state index is 14.4. The Balaban J connectivity index is 2.24. The van der Waals surface area contributed by atoms with Gasteiger partial charge in [0.05, 0.1) is 15.9 Å². The molecule has 29 heavy (non-hydrogen) atoms. The Morgan fingerprint density at radius 1 is 1.34 bits per heavy atom. The molecule has 0 bridgehead atoms. The van der Waals surface area contributed by atoms with E-state index < -0.39 is 15.5 Å². The summed E-state index contributed by atoms with van der Waals surface area (Å²) in [5, 5.41) is 11.9. The number of hydrogen-bond donors (Lipinski definition) is 1. The first-order valence-corrected chi connectivity index (χ1v) is 12.3. The highest BCUT2D eigenvalue weighted by Gasteiger charge is 2.51. The lowest BCUT2D eigenvalue weighted by atomic mass is 9.74. The molecule has 0 radical (unpaired) electrons. The number of ether oxygens (including phenoxy) is 1. The van der Waals surface area contributed by atoms with E-state index in [0.29, 0.717) is 16.2 Å². The Labute approximate surface area is 176 Å². The first kappa shape index (κ1) is 22.3. The van der Waals surface area contributed by atoms with Gasteiger partial charge in [-0.25, -0.2) is 8.57 Å². The summed E-state index contributed by atoms with van der Waals surface area (Å²) in [5.41, 5.74) is 1.13. The maximum absolute atomic E-state index is 14.4. The van der Waals surface area contributed by atoms with Crippen LogP contribution >= 0.6 is 0 Å². The zero-order valence-corrected chi connectivity index (χ0v) is 18.8. The third kappa shape index (κ3) is 4.23. The monoisotopic (exact) mass is 417 g/mol. The van der Waals surface area contributed by atoms with Crippen LogP contribution in [0.5, 0.6) is 0 Å². The smallest absolute Gasteiger partial charge is 0.202 e. The van der Waals surface area contributed by atoms with E-state index in [2.05, 4.69) is 24.8 Å². The molecule has 1 N–H and O–H groups in total. The van der Waals surface area contributed by atoms with Crippen molar-refractivity contribution in [2.45, 2.75) is 75.6 Å². The van der Waals surface area contributed by atoms with Crippen LogP contribution in [-0.2, 0) is 14.5 Å². The van der Waals surface area contributed by atoms with Gasteiger partial charge in [0, 0.05) is 19.4 Å². The largest absolute Gasteiger partial charge is 0.361 e. The third-order valence-electron chi connectivity index (χ3n) is 6.21. The number of benzene rings is 1. The van der Waals surface area contributed by atoms with Gasteiger partial charge in [-0.05, 0) is 55.7 Å². The molecule has 2 aliphatic rings. The van der Waals surface area contributed by atoms with Gasteiger partial charge in [-0.15, -0.1) is 6.58 Å². The molecule has 5 heteroatoms. The lowest BCUT2D eigenvalue weighted by molar-refractivity contribution is -0.233. The van der Waals surface area contributed by atoms with Crippen LogP contribution in [0.2, 0.25) is 0 Å². The highest BCUT2D eigenvalue weighted by molar-refractivity contribution is 7.97. The number of aliphatic hydroxyl groups is 1. The number of fused-ring (bicyclic) bond motifs is 1. The van der Waals surface area contributed by atoms with Crippen molar-refractivity contribution in [3.63, 3.8) is 0 Å². The Kier molecular flexibility index (Phi) is 7.02. The second-order valence-electron chi connectivity index (χ2n) is 8.52. The van der Waals surface area contributed by atoms with Gasteiger partial charge in [-0.3, -0.25) is 0 Å². The molecule has 1 aromatic carbocycles. The molecule has 4 atom stereocenters. The first-order valence-electron chi connectivity index (χ1n) is 10.8. The molecular weight excluding hydrogens is 382 g/mol. The zero-order chi connectivity index (χ0) is 21.1. The summed E-state index contributed by atoms with van der Waals surface area (Å²) >= 11 is 0. The molecule has 1 heterocycles. The van der Waals surface area contributed by atoms with Crippen molar-refractivity contribution in [3.8, 4) is 0 Å². The molecule has 0 saturated heterocycles. The number of rotatable bonds is 7. The van der Waals surface area contributed by atoms with Crippen molar-refractivity contribution >= 4 is 9.73 Å². The van der Waals surface area contributed by atoms with Gasteiger partial charge in [0.15, 0.2) is 0 Å². The Morgan fingerprint density at radius 2 is 2.07 bits per heavy atom. The van der Waals surface area contributed by atoms with E-state index in [4.69, 9.17) is 4.74 Å². The van der Waals surface area contributed by atoms with Crippen LogP contribution in [0.1, 0.15) is 58.8 Å². The average molecular weight is 418 g/mol. The second kappa shape index (κ2) is 9.15. The molecule has 0 unspecified atom stereocenters. The summed E-state index contributed by atoms with van der Waals surface area (Å²) in [4.78, 5) is 1.17. The van der Waals surface area contributed by atoms with Gasteiger partial charge >= 0.3 is 0 Å². The van der Waals surface area contributed by atoms with Crippen LogP contribution < -0.4 is 0 Å². The first-order chi connectivity index (χ1) is 13.9. The summed E-state index contributed by atoms with van der Waals surface area (Å²) in [6.45, 7) is 8.08. The van der Waals surface area contributed by atoms with Gasteiger partial charge < -0.3 is 9.84 Å². The summed E-state index contributed by atoms with van der Waals surface area (Å²) in [5.74, 6) is -1.09. The van der Waals surface area contributed by atoms with E-state index in [1.165, 1.54) is 0 Å². The molecule has 3 rings (SSSR count). The molecule has 0 aromatic heterocycles. The number of unbranched alkanes of at least 4 members (excludes halogenated alkanes) is 1. The standard InChI is InChI=1S/C24H35NO3S/c1-5-6-12-17-24(26)23(29(27,25-4)19-13-8-7-9-14-19)21-16-11-10-15-20(21)22(28-24)18(2)3/h5,7-9,13-14,18,20,22,26H,1,6,10-12,15-17H2,2-4H3/t20-,22+,24-,29-/m1/s1. The Hall–Kier alpha value is -1.43. The van der Waals surface area contributed by atoms with Crippen molar-refractivity contribution in [2.75, 3.05) is 7.05 Å². The molecule has 1 aliphatic heterocycles. The minimum absolute atomic E-state index is 0.0703.